The number of carboxylic acid groups (broad SMARTS) is 1. The van der Waals surface area contributed by atoms with Gasteiger partial charge in [-0.2, -0.15) is 5.10 Å². The van der Waals surface area contributed by atoms with Gasteiger partial charge in [-0.05, 0) is 93.4 Å². The summed E-state index contributed by atoms with van der Waals surface area (Å²) in [6.45, 7) is 9.66. The quantitative estimate of drug-likeness (QED) is 0.114. The Bertz CT molecular complexity index is 1560. The Balaban J connectivity index is 1.36. The number of carbonyl (C=O) groups excluding carboxylic acids is 1. The number of ether oxygens (including phenoxy) is 3. The van der Waals surface area contributed by atoms with E-state index in [0.29, 0.717) is 47.2 Å². The van der Waals surface area contributed by atoms with Gasteiger partial charge in [0.05, 0.1) is 12.8 Å². The molecule has 0 atom stereocenters. The van der Waals surface area contributed by atoms with Crippen LogP contribution in [0.2, 0.25) is 0 Å². The van der Waals surface area contributed by atoms with Gasteiger partial charge in [0.1, 0.15) is 18.1 Å². The van der Waals surface area contributed by atoms with Gasteiger partial charge in [-0.1, -0.05) is 6.08 Å². The Morgan fingerprint density at radius 2 is 1.76 bits per heavy atom. The lowest BCUT2D eigenvalue weighted by atomic mass is 10.1. The predicted octanol–water partition coefficient (Wildman–Crippen LogP) is 5.62. The number of nitrogens with zero attached hydrogens (tertiary/aromatic N) is 2. The van der Waals surface area contributed by atoms with E-state index in [9.17, 15) is 9.59 Å². The molecule has 0 aliphatic rings. The molecule has 0 spiro atoms. The second kappa shape index (κ2) is 13.9. The number of hydrogen-bond acceptors (Lipinski definition) is 7. The standard InChI is InChI=1S/C32H33N3O7/c1-5-7-24-16-23(17-29(39-6-2)31(24)41-20-30(36)37)18-33-34-32(38)28-15-14-27(42-28)19-40-26-12-10-25(11-13-26)35-21(3)8-9-22(35)4/h5,8-18H,1,6-7,19-20H2,2-4H3,(H,34,38)(H,36,37)/b33-18+. The molecule has 0 aliphatic heterocycles. The summed E-state index contributed by atoms with van der Waals surface area (Å²) in [5.74, 6) is 0.304. The molecule has 4 aromatic rings. The van der Waals surface area contributed by atoms with Crippen LogP contribution in [0.3, 0.4) is 0 Å². The normalized spacial score (nSPS) is 10.9. The molecule has 0 unspecified atom stereocenters. The molecule has 10 heteroatoms. The van der Waals surface area contributed by atoms with Crippen LogP contribution < -0.4 is 19.6 Å². The van der Waals surface area contributed by atoms with Crippen LogP contribution in [0, 0.1) is 13.8 Å². The number of amides is 1. The molecule has 0 saturated carbocycles. The second-order valence-electron chi connectivity index (χ2n) is 9.31. The topological polar surface area (TPSA) is 125 Å². The van der Waals surface area contributed by atoms with E-state index < -0.39 is 18.5 Å². The highest BCUT2D eigenvalue weighted by Crippen LogP contribution is 2.33. The van der Waals surface area contributed by atoms with E-state index in [0.717, 1.165) is 17.1 Å². The van der Waals surface area contributed by atoms with E-state index in [2.05, 4.69) is 47.7 Å². The molecule has 0 saturated heterocycles. The summed E-state index contributed by atoms with van der Waals surface area (Å²) < 4.78 is 24.7. The van der Waals surface area contributed by atoms with Crippen molar-refractivity contribution in [2.24, 2.45) is 5.10 Å². The lowest BCUT2D eigenvalue weighted by Crippen LogP contribution is -2.17. The van der Waals surface area contributed by atoms with Crippen molar-refractivity contribution in [2.45, 2.75) is 33.8 Å². The molecule has 2 heterocycles. The maximum atomic E-state index is 12.6. The van der Waals surface area contributed by atoms with Gasteiger partial charge >= 0.3 is 11.9 Å². The van der Waals surface area contributed by atoms with E-state index in [1.54, 1.807) is 37.3 Å². The molecule has 0 bridgehead atoms. The molecule has 0 radical (unpaired) electrons. The number of allylic oxidation sites excluding steroid dienone is 1. The van der Waals surface area contributed by atoms with Crippen LogP contribution in [0.25, 0.3) is 5.69 Å². The molecule has 218 valence electrons. The molecule has 10 nitrogen and oxygen atoms in total. The summed E-state index contributed by atoms with van der Waals surface area (Å²) in [5.41, 5.74) is 7.08. The first-order valence-corrected chi connectivity index (χ1v) is 13.3. The van der Waals surface area contributed by atoms with Gasteiger partial charge in [-0.15, -0.1) is 6.58 Å². The molecule has 2 aromatic heterocycles. The Labute approximate surface area is 243 Å². The highest BCUT2D eigenvalue weighted by atomic mass is 16.5. The Morgan fingerprint density at radius 1 is 1.02 bits per heavy atom. The zero-order chi connectivity index (χ0) is 30.1. The molecule has 2 N–H and O–H groups in total. The van der Waals surface area contributed by atoms with Crippen molar-refractivity contribution in [3.8, 4) is 22.9 Å². The van der Waals surface area contributed by atoms with Gasteiger partial charge in [0.15, 0.2) is 23.9 Å². The first kappa shape index (κ1) is 29.7. The number of furan rings is 1. The van der Waals surface area contributed by atoms with Gasteiger partial charge in [0.2, 0.25) is 0 Å². The monoisotopic (exact) mass is 571 g/mol. The summed E-state index contributed by atoms with van der Waals surface area (Å²) in [4.78, 5) is 23.6. The highest BCUT2D eigenvalue weighted by Gasteiger charge is 2.15. The number of aryl methyl sites for hydroxylation is 2. The minimum atomic E-state index is -1.10. The van der Waals surface area contributed by atoms with E-state index in [-0.39, 0.29) is 12.4 Å². The maximum Gasteiger partial charge on any atom is 0.341 e. The van der Waals surface area contributed by atoms with Crippen molar-refractivity contribution in [3.63, 3.8) is 0 Å². The third-order valence-electron chi connectivity index (χ3n) is 6.17. The minimum absolute atomic E-state index is 0.0828. The van der Waals surface area contributed by atoms with E-state index >= 15 is 0 Å². The van der Waals surface area contributed by atoms with Gasteiger partial charge in [-0.25, -0.2) is 10.2 Å². The molecule has 1 amide bonds. The fourth-order valence-corrected chi connectivity index (χ4v) is 4.35. The third kappa shape index (κ3) is 7.48. The van der Waals surface area contributed by atoms with Crippen LogP contribution in [0.1, 0.15) is 45.8 Å². The average molecular weight is 572 g/mol. The lowest BCUT2D eigenvalue weighted by Gasteiger charge is -2.15. The van der Waals surface area contributed by atoms with Crippen LogP contribution >= 0.6 is 0 Å². The Hall–Kier alpha value is -5.25. The number of carboxylic acids is 1. The second-order valence-corrected chi connectivity index (χ2v) is 9.31. The molecule has 4 rings (SSSR count). The third-order valence-corrected chi connectivity index (χ3v) is 6.17. The van der Waals surface area contributed by atoms with E-state index in [1.807, 2.05) is 24.3 Å². The van der Waals surface area contributed by atoms with Crippen molar-refractivity contribution in [1.29, 1.82) is 0 Å². The first-order chi connectivity index (χ1) is 20.3. The average Bonchev–Trinajstić information content (AvgIpc) is 3.58. The number of aliphatic carboxylic acids is 1. The minimum Gasteiger partial charge on any atom is -0.490 e. The fourth-order valence-electron chi connectivity index (χ4n) is 4.35. The number of hydrazone groups is 1. The summed E-state index contributed by atoms with van der Waals surface area (Å²) in [6, 6.07) is 18.5. The molecular formula is C32H33N3O7. The predicted molar refractivity (Wildman–Crippen MR) is 158 cm³/mol. The number of carbonyl (C=O) groups is 2. The van der Waals surface area contributed by atoms with Gasteiger partial charge in [0.25, 0.3) is 0 Å². The van der Waals surface area contributed by atoms with Gasteiger partial charge in [0, 0.05) is 22.6 Å². The number of rotatable bonds is 14. The number of aromatic nitrogens is 1. The van der Waals surface area contributed by atoms with Crippen molar-refractivity contribution in [2.75, 3.05) is 13.2 Å². The molecular weight excluding hydrogens is 538 g/mol. The van der Waals surface area contributed by atoms with Crippen LogP contribution in [0.4, 0.5) is 0 Å². The van der Waals surface area contributed by atoms with Crippen LogP contribution in [-0.2, 0) is 17.8 Å². The summed E-state index contributed by atoms with van der Waals surface area (Å²) >= 11 is 0. The van der Waals surface area contributed by atoms with Crippen molar-refractivity contribution < 1.29 is 33.3 Å². The smallest absolute Gasteiger partial charge is 0.341 e. The number of nitrogens with one attached hydrogen (secondary N) is 1. The van der Waals surface area contributed by atoms with Crippen molar-refractivity contribution >= 4 is 18.1 Å². The van der Waals surface area contributed by atoms with E-state index in [4.69, 9.17) is 23.7 Å². The van der Waals surface area contributed by atoms with Crippen LogP contribution in [0.5, 0.6) is 17.2 Å². The maximum absolute atomic E-state index is 12.6. The number of benzene rings is 2. The lowest BCUT2D eigenvalue weighted by molar-refractivity contribution is -0.139. The first-order valence-electron chi connectivity index (χ1n) is 13.3. The Kier molecular flexibility index (Phi) is 9.83. The molecule has 2 aromatic carbocycles. The summed E-state index contributed by atoms with van der Waals surface area (Å²) in [7, 11) is 0. The highest BCUT2D eigenvalue weighted by molar-refractivity contribution is 5.92. The summed E-state index contributed by atoms with van der Waals surface area (Å²) in [6.07, 6.45) is 3.53. The van der Waals surface area contributed by atoms with E-state index in [1.165, 1.54) is 6.21 Å². The van der Waals surface area contributed by atoms with Crippen molar-refractivity contribution in [3.05, 3.63) is 107 Å². The number of hydrogen-bond donors (Lipinski definition) is 2. The zero-order valence-corrected chi connectivity index (χ0v) is 23.8. The van der Waals surface area contributed by atoms with Crippen LogP contribution in [-0.4, -0.2) is 41.0 Å². The van der Waals surface area contributed by atoms with Crippen molar-refractivity contribution in [1.82, 2.24) is 9.99 Å². The Morgan fingerprint density at radius 3 is 2.43 bits per heavy atom. The molecule has 0 fully saturated rings. The van der Waals surface area contributed by atoms with Crippen LogP contribution in [0.15, 0.2) is 82.8 Å². The molecule has 0 aliphatic carbocycles. The SMILES string of the molecule is C=CCc1cc(/C=N/NC(=O)c2ccc(COc3ccc(-n4c(C)ccc4C)cc3)o2)cc(OCC)c1OCC(=O)O. The fraction of sp³-hybridized carbons (Fsp3) is 0.219. The zero-order valence-electron chi connectivity index (χ0n) is 23.8. The van der Waals surface area contributed by atoms with Gasteiger partial charge in [-0.3, -0.25) is 4.79 Å². The molecule has 42 heavy (non-hydrogen) atoms. The largest absolute Gasteiger partial charge is 0.490 e. The van der Waals surface area contributed by atoms with Gasteiger partial charge < -0.3 is 28.3 Å². The summed E-state index contributed by atoms with van der Waals surface area (Å²) in [5, 5.41) is 13.0.